The van der Waals surface area contributed by atoms with Crippen LogP contribution in [0.4, 0.5) is 18.9 Å². The third-order valence-electron chi connectivity index (χ3n) is 2.59. The number of carbonyl (C=O) groups is 1. The first-order valence-electron chi connectivity index (χ1n) is 5.88. The van der Waals surface area contributed by atoms with E-state index in [2.05, 4.69) is 16.6 Å². The number of rotatable bonds is 4. The molecule has 1 aromatic rings. The monoisotopic (exact) mass is 295 g/mol. The van der Waals surface area contributed by atoms with E-state index in [0.29, 0.717) is 0 Å². The van der Waals surface area contributed by atoms with Gasteiger partial charge < -0.3 is 10.6 Å². The summed E-state index contributed by atoms with van der Waals surface area (Å²) < 4.78 is 38.4. The maximum absolute atomic E-state index is 12.8. The van der Waals surface area contributed by atoms with E-state index in [0.717, 1.165) is 12.1 Å². The van der Waals surface area contributed by atoms with Crippen molar-refractivity contribution in [3.8, 4) is 18.4 Å². The van der Waals surface area contributed by atoms with Gasteiger partial charge in [0.2, 0.25) is 5.91 Å². The number of amides is 1. The third-order valence-corrected chi connectivity index (χ3v) is 2.59. The molecule has 21 heavy (non-hydrogen) atoms. The molecule has 0 saturated carbocycles. The molecule has 1 unspecified atom stereocenters. The fraction of sp³-hybridized carbons (Fsp3) is 0.286. The zero-order valence-corrected chi connectivity index (χ0v) is 11.1. The molecule has 0 radical (unpaired) electrons. The van der Waals surface area contributed by atoms with Crippen molar-refractivity contribution in [1.82, 2.24) is 5.32 Å². The quantitative estimate of drug-likeness (QED) is 0.836. The van der Waals surface area contributed by atoms with Gasteiger partial charge in [-0.15, -0.1) is 6.42 Å². The van der Waals surface area contributed by atoms with Crippen molar-refractivity contribution in [3.05, 3.63) is 29.3 Å². The summed E-state index contributed by atoms with van der Waals surface area (Å²) in [5.74, 6) is 1.78. The number of benzene rings is 1. The van der Waals surface area contributed by atoms with E-state index in [1.54, 1.807) is 0 Å². The Labute approximate surface area is 120 Å². The normalized spacial score (nSPS) is 11.9. The van der Waals surface area contributed by atoms with Gasteiger partial charge in [-0.2, -0.15) is 18.4 Å². The molecule has 1 rings (SSSR count). The fourth-order valence-electron chi connectivity index (χ4n) is 1.57. The van der Waals surface area contributed by atoms with Crippen LogP contribution in [0.1, 0.15) is 18.1 Å². The number of hydrogen-bond acceptors (Lipinski definition) is 3. The first-order valence-corrected chi connectivity index (χ1v) is 5.88. The van der Waals surface area contributed by atoms with Gasteiger partial charge in [0.15, 0.2) is 0 Å². The van der Waals surface area contributed by atoms with Gasteiger partial charge in [-0.25, -0.2) is 0 Å². The van der Waals surface area contributed by atoms with Crippen LogP contribution in [0, 0.1) is 23.7 Å². The number of carbonyl (C=O) groups excluding carboxylic acids is 1. The van der Waals surface area contributed by atoms with E-state index in [1.165, 1.54) is 19.1 Å². The summed E-state index contributed by atoms with van der Waals surface area (Å²) in [6.45, 7) is 1.52. The summed E-state index contributed by atoms with van der Waals surface area (Å²) >= 11 is 0. The summed E-state index contributed by atoms with van der Waals surface area (Å²) in [5.41, 5.74) is -1.44. The molecule has 0 fully saturated rings. The highest BCUT2D eigenvalue weighted by molar-refractivity contribution is 5.84. The Kier molecular flexibility index (Phi) is 5.20. The highest BCUT2D eigenvalue weighted by Gasteiger charge is 2.34. The highest BCUT2D eigenvalue weighted by atomic mass is 19.4. The van der Waals surface area contributed by atoms with E-state index in [4.69, 9.17) is 11.7 Å². The lowest BCUT2D eigenvalue weighted by atomic mass is 10.1. The molecule has 7 heteroatoms. The van der Waals surface area contributed by atoms with Crippen molar-refractivity contribution < 1.29 is 18.0 Å². The molecule has 0 spiro atoms. The number of alkyl halides is 3. The van der Waals surface area contributed by atoms with Crippen LogP contribution in [0.25, 0.3) is 0 Å². The van der Waals surface area contributed by atoms with Crippen LogP contribution in [-0.2, 0) is 11.0 Å². The van der Waals surface area contributed by atoms with Gasteiger partial charge in [-0.1, -0.05) is 5.92 Å². The maximum atomic E-state index is 12.8. The van der Waals surface area contributed by atoms with Crippen LogP contribution in [0.2, 0.25) is 0 Å². The van der Waals surface area contributed by atoms with Crippen LogP contribution in [0.5, 0.6) is 0 Å². The number of nitrogens with one attached hydrogen (secondary N) is 2. The fourth-order valence-corrected chi connectivity index (χ4v) is 1.57. The number of nitriles is 1. The average Bonchev–Trinajstić information content (AvgIpc) is 2.43. The summed E-state index contributed by atoms with van der Waals surface area (Å²) in [6, 6.07) is 3.87. The predicted octanol–water partition coefficient (Wildman–Crippen LogP) is 2.13. The van der Waals surface area contributed by atoms with Gasteiger partial charge in [-0.3, -0.25) is 4.79 Å². The molecular weight excluding hydrogens is 283 g/mol. The largest absolute Gasteiger partial charge is 0.417 e. The molecular formula is C14H12F3N3O. The molecule has 2 N–H and O–H groups in total. The Bertz CT molecular complexity index is 611. The van der Waals surface area contributed by atoms with Gasteiger partial charge in [0.05, 0.1) is 23.7 Å². The molecule has 0 aromatic heterocycles. The number of anilines is 1. The summed E-state index contributed by atoms with van der Waals surface area (Å²) in [6.07, 6.45) is 0.347. The number of terminal acetylenes is 1. The van der Waals surface area contributed by atoms with Gasteiger partial charge in [0.1, 0.15) is 6.04 Å². The van der Waals surface area contributed by atoms with E-state index >= 15 is 0 Å². The minimum atomic E-state index is -4.64. The van der Waals surface area contributed by atoms with Crippen molar-refractivity contribution in [2.75, 3.05) is 11.9 Å². The van der Waals surface area contributed by atoms with E-state index in [9.17, 15) is 18.0 Å². The first-order chi connectivity index (χ1) is 9.79. The second kappa shape index (κ2) is 6.67. The Morgan fingerprint density at radius 3 is 2.67 bits per heavy atom. The number of hydrogen-bond donors (Lipinski definition) is 2. The van der Waals surface area contributed by atoms with Crippen molar-refractivity contribution in [2.24, 2.45) is 0 Å². The van der Waals surface area contributed by atoms with E-state index < -0.39 is 29.3 Å². The summed E-state index contributed by atoms with van der Waals surface area (Å²) in [7, 11) is 0. The van der Waals surface area contributed by atoms with Crippen LogP contribution < -0.4 is 10.6 Å². The molecule has 1 amide bonds. The first kappa shape index (κ1) is 16.4. The lowest BCUT2D eigenvalue weighted by Gasteiger charge is -2.16. The van der Waals surface area contributed by atoms with Crippen molar-refractivity contribution in [3.63, 3.8) is 0 Å². The maximum Gasteiger partial charge on any atom is 0.417 e. The van der Waals surface area contributed by atoms with Gasteiger partial charge in [-0.05, 0) is 25.1 Å². The SMILES string of the molecule is C#CCNC(=O)C(C)Nc1ccc(C#N)c(C(F)(F)F)c1. The molecule has 1 atom stereocenters. The van der Waals surface area contributed by atoms with E-state index in [-0.39, 0.29) is 12.2 Å². The zero-order chi connectivity index (χ0) is 16.0. The molecule has 0 aliphatic rings. The van der Waals surface area contributed by atoms with Crippen LogP contribution in [0.15, 0.2) is 18.2 Å². The second-order valence-corrected chi connectivity index (χ2v) is 4.16. The Balaban J connectivity index is 2.94. The average molecular weight is 295 g/mol. The number of nitrogens with zero attached hydrogens (tertiary/aromatic N) is 1. The summed E-state index contributed by atoms with van der Waals surface area (Å²) in [4.78, 5) is 11.6. The number of halogens is 3. The predicted molar refractivity (Wildman–Crippen MR) is 71.1 cm³/mol. The topological polar surface area (TPSA) is 64.9 Å². The zero-order valence-electron chi connectivity index (χ0n) is 11.1. The van der Waals surface area contributed by atoms with Crippen LogP contribution in [0.3, 0.4) is 0 Å². The summed E-state index contributed by atoms with van der Waals surface area (Å²) in [5, 5.41) is 13.7. The molecule has 4 nitrogen and oxygen atoms in total. The smallest absolute Gasteiger partial charge is 0.374 e. The van der Waals surface area contributed by atoms with Crippen LogP contribution in [-0.4, -0.2) is 18.5 Å². The second-order valence-electron chi connectivity index (χ2n) is 4.16. The Morgan fingerprint density at radius 2 is 2.14 bits per heavy atom. The molecule has 0 bridgehead atoms. The third kappa shape index (κ3) is 4.43. The highest BCUT2D eigenvalue weighted by Crippen LogP contribution is 2.33. The Morgan fingerprint density at radius 1 is 1.48 bits per heavy atom. The molecule has 0 saturated heterocycles. The van der Waals surface area contributed by atoms with Crippen molar-refractivity contribution in [1.29, 1.82) is 5.26 Å². The lowest BCUT2D eigenvalue weighted by Crippen LogP contribution is -2.37. The van der Waals surface area contributed by atoms with Gasteiger partial charge in [0.25, 0.3) is 0 Å². The minimum Gasteiger partial charge on any atom is -0.374 e. The van der Waals surface area contributed by atoms with Gasteiger partial charge >= 0.3 is 6.18 Å². The van der Waals surface area contributed by atoms with Crippen molar-refractivity contribution in [2.45, 2.75) is 19.1 Å². The molecule has 1 aromatic carbocycles. The molecule has 110 valence electrons. The molecule has 0 aliphatic carbocycles. The lowest BCUT2D eigenvalue weighted by molar-refractivity contribution is -0.137. The Hall–Kier alpha value is -2.67. The molecule has 0 aliphatic heterocycles. The molecule has 0 heterocycles. The minimum absolute atomic E-state index is 0.0338. The van der Waals surface area contributed by atoms with E-state index in [1.807, 2.05) is 0 Å². The van der Waals surface area contributed by atoms with Gasteiger partial charge in [0, 0.05) is 5.69 Å². The standard InChI is InChI=1S/C14H12F3N3O/c1-3-6-19-13(21)9(2)20-11-5-4-10(8-18)12(7-11)14(15,16)17/h1,4-5,7,9,20H,6H2,2H3,(H,19,21). The van der Waals surface area contributed by atoms with Crippen LogP contribution >= 0.6 is 0 Å². The van der Waals surface area contributed by atoms with Crippen molar-refractivity contribution >= 4 is 11.6 Å².